The van der Waals surface area contributed by atoms with E-state index in [1.54, 1.807) is 6.92 Å². The van der Waals surface area contributed by atoms with Crippen LogP contribution in [0.25, 0.3) is 0 Å². The maximum atomic E-state index is 11.9. The summed E-state index contributed by atoms with van der Waals surface area (Å²) in [4.78, 5) is 11.9. The summed E-state index contributed by atoms with van der Waals surface area (Å²) < 4.78 is 10.7. The Kier molecular flexibility index (Phi) is 9.77. The van der Waals surface area contributed by atoms with Crippen molar-refractivity contribution in [2.45, 2.75) is 58.5 Å². The SMILES string of the molecule is CCCCCCCCOC(=O)[C@@H](C)Oc1cc(Cl)c(Cl)cc1Cl. The summed E-state index contributed by atoms with van der Waals surface area (Å²) in [6.07, 6.45) is 6.08. The van der Waals surface area contributed by atoms with Gasteiger partial charge in [0.15, 0.2) is 6.10 Å². The Hall–Kier alpha value is -0.640. The lowest BCUT2D eigenvalue weighted by atomic mass is 10.1. The molecule has 0 aliphatic heterocycles. The lowest BCUT2D eigenvalue weighted by molar-refractivity contribution is -0.151. The van der Waals surface area contributed by atoms with E-state index in [0.717, 1.165) is 12.8 Å². The molecular formula is C17H23Cl3O3. The van der Waals surface area contributed by atoms with Gasteiger partial charge in [-0.2, -0.15) is 0 Å². The zero-order chi connectivity index (χ0) is 17.2. The molecule has 0 heterocycles. The highest BCUT2D eigenvalue weighted by molar-refractivity contribution is 6.43. The largest absolute Gasteiger partial charge is 0.477 e. The number of carbonyl (C=O) groups excluding carboxylic acids is 1. The van der Waals surface area contributed by atoms with Gasteiger partial charge in [0.1, 0.15) is 5.75 Å². The van der Waals surface area contributed by atoms with Crippen LogP contribution in [0, 0.1) is 0 Å². The van der Waals surface area contributed by atoms with E-state index in [-0.39, 0.29) is 0 Å². The zero-order valence-corrected chi connectivity index (χ0v) is 15.8. The van der Waals surface area contributed by atoms with Crippen molar-refractivity contribution in [3.8, 4) is 5.75 Å². The molecule has 1 rings (SSSR count). The quantitative estimate of drug-likeness (QED) is 0.270. The van der Waals surface area contributed by atoms with Crippen molar-refractivity contribution in [2.24, 2.45) is 0 Å². The van der Waals surface area contributed by atoms with Crippen molar-refractivity contribution in [3.05, 3.63) is 27.2 Å². The van der Waals surface area contributed by atoms with Crippen LogP contribution >= 0.6 is 34.8 Å². The summed E-state index contributed by atoms with van der Waals surface area (Å²) in [5.74, 6) is -0.106. The van der Waals surface area contributed by atoms with Gasteiger partial charge in [0, 0.05) is 6.07 Å². The summed E-state index contributed by atoms with van der Waals surface area (Å²) >= 11 is 17.8. The Morgan fingerprint density at radius 2 is 1.61 bits per heavy atom. The van der Waals surface area contributed by atoms with Crippen LogP contribution < -0.4 is 4.74 Å². The van der Waals surface area contributed by atoms with E-state index in [4.69, 9.17) is 44.3 Å². The first-order chi connectivity index (χ1) is 11.0. The molecule has 0 aliphatic carbocycles. The fourth-order valence-corrected chi connectivity index (χ4v) is 2.59. The van der Waals surface area contributed by atoms with Gasteiger partial charge in [-0.15, -0.1) is 0 Å². The average molecular weight is 382 g/mol. The first kappa shape index (κ1) is 20.4. The van der Waals surface area contributed by atoms with Gasteiger partial charge in [-0.1, -0.05) is 73.8 Å². The predicted octanol–water partition coefficient (Wildman–Crippen LogP) is 6.32. The molecule has 6 heteroatoms. The lowest BCUT2D eigenvalue weighted by Gasteiger charge is -2.15. The first-order valence-electron chi connectivity index (χ1n) is 7.93. The van der Waals surface area contributed by atoms with Crippen LogP contribution in [0.2, 0.25) is 15.1 Å². The van der Waals surface area contributed by atoms with Crippen molar-refractivity contribution in [2.75, 3.05) is 6.61 Å². The molecule has 130 valence electrons. The minimum atomic E-state index is -0.759. The third kappa shape index (κ3) is 7.65. The van der Waals surface area contributed by atoms with Gasteiger partial charge < -0.3 is 9.47 Å². The molecule has 0 unspecified atom stereocenters. The highest BCUT2D eigenvalue weighted by Gasteiger charge is 2.18. The van der Waals surface area contributed by atoms with Gasteiger partial charge >= 0.3 is 5.97 Å². The second kappa shape index (κ2) is 11.0. The maximum Gasteiger partial charge on any atom is 0.347 e. The first-order valence-corrected chi connectivity index (χ1v) is 9.07. The fourth-order valence-electron chi connectivity index (χ4n) is 2.01. The van der Waals surface area contributed by atoms with Gasteiger partial charge in [-0.05, 0) is 19.4 Å². The molecule has 1 aromatic carbocycles. The van der Waals surface area contributed by atoms with Crippen molar-refractivity contribution in [1.29, 1.82) is 0 Å². The molecule has 0 radical (unpaired) electrons. The molecule has 0 amide bonds. The molecule has 0 spiro atoms. The van der Waals surface area contributed by atoms with Crippen LogP contribution in [-0.2, 0) is 9.53 Å². The minimum absolute atomic E-state index is 0.301. The number of hydrogen-bond acceptors (Lipinski definition) is 3. The molecule has 0 saturated carbocycles. The Labute approximate surface area is 153 Å². The number of carbonyl (C=O) groups is 1. The van der Waals surface area contributed by atoms with Crippen LogP contribution in [0.1, 0.15) is 52.4 Å². The summed E-state index contributed by atoms with van der Waals surface area (Å²) in [7, 11) is 0. The summed E-state index contributed by atoms with van der Waals surface area (Å²) in [5, 5.41) is 0.955. The van der Waals surface area contributed by atoms with Crippen molar-refractivity contribution in [1.82, 2.24) is 0 Å². The minimum Gasteiger partial charge on any atom is -0.477 e. The van der Waals surface area contributed by atoms with Gasteiger partial charge in [0.25, 0.3) is 0 Å². The number of halogens is 3. The number of benzene rings is 1. The van der Waals surface area contributed by atoms with E-state index in [2.05, 4.69) is 6.92 Å². The Bertz CT molecular complexity index is 506. The van der Waals surface area contributed by atoms with Crippen LogP contribution in [0.3, 0.4) is 0 Å². The molecule has 0 saturated heterocycles. The van der Waals surface area contributed by atoms with E-state index >= 15 is 0 Å². The third-order valence-corrected chi connectivity index (χ3v) is 4.37. The van der Waals surface area contributed by atoms with Gasteiger partial charge in [-0.3, -0.25) is 0 Å². The number of rotatable bonds is 10. The Morgan fingerprint density at radius 3 is 2.30 bits per heavy atom. The normalized spacial score (nSPS) is 12.0. The van der Waals surface area contributed by atoms with Gasteiger partial charge in [-0.25, -0.2) is 4.79 Å². The van der Waals surface area contributed by atoms with Crippen molar-refractivity contribution < 1.29 is 14.3 Å². The molecule has 1 aromatic rings. The fraction of sp³-hybridized carbons (Fsp3) is 0.588. The summed E-state index contributed by atoms with van der Waals surface area (Å²) in [6, 6.07) is 2.97. The molecule has 0 fully saturated rings. The topological polar surface area (TPSA) is 35.5 Å². The van der Waals surface area contributed by atoms with E-state index in [9.17, 15) is 4.79 Å². The van der Waals surface area contributed by atoms with Gasteiger partial charge in [0.2, 0.25) is 0 Å². The Balaban J connectivity index is 2.33. The van der Waals surface area contributed by atoms with Crippen molar-refractivity contribution in [3.63, 3.8) is 0 Å². The molecule has 0 N–H and O–H groups in total. The number of hydrogen-bond donors (Lipinski definition) is 0. The molecule has 23 heavy (non-hydrogen) atoms. The number of unbranched alkanes of at least 4 members (excludes halogenated alkanes) is 5. The van der Waals surface area contributed by atoms with Crippen molar-refractivity contribution >= 4 is 40.8 Å². The Morgan fingerprint density at radius 1 is 1.00 bits per heavy atom. The molecule has 3 nitrogen and oxygen atoms in total. The molecule has 0 aromatic heterocycles. The molecule has 0 aliphatic rings. The highest BCUT2D eigenvalue weighted by Crippen LogP contribution is 2.34. The summed E-state index contributed by atoms with van der Waals surface area (Å²) in [5.41, 5.74) is 0. The predicted molar refractivity (Wildman–Crippen MR) is 95.9 cm³/mol. The maximum absolute atomic E-state index is 11.9. The van der Waals surface area contributed by atoms with Gasteiger partial charge in [0.05, 0.1) is 21.7 Å². The smallest absolute Gasteiger partial charge is 0.347 e. The van der Waals surface area contributed by atoms with E-state index in [0.29, 0.717) is 27.4 Å². The standard InChI is InChI=1S/C17H23Cl3O3/c1-3-4-5-6-7-8-9-22-17(21)12(2)23-16-11-14(19)13(18)10-15(16)20/h10-12H,3-9H2,1-2H3/t12-/m1/s1. The third-order valence-electron chi connectivity index (χ3n) is 3.35. The van der Waals surface area contributed by atoms with Crippen LogP contribution in [0.4, 0.5) is 0 Å². The highest BCUT2D eigenvalue weighted by atomic mass is 35.5. The molecule has 1 atom stereocenters. The zero-order valence-electron chi connectivity index (χ0n) is 13.5. The average Bonchev–Trinajstić information content (AvgIpc) is 2.51. The molecule has 0 bridgehead atoms. The monoisotopic (exact) mass is 380 g/mol. The number of ether oxygens (including phenoxy) is 2. The van der Waals surface area contributed by atoms with E-state index in [1.165, 1.54) is 37.8 Å². The number of esters is 1. The van der Waals surface area contributed by atoms with E-state index in [1.807, 2.05) is 0 Å². The molecular weight excluding hydrogens is 359 g/mol. The van der Waals surface area contributed by atoms with Crippen LogP contribution in [-0.4, -0.2) is 18.7 Å². The second-order valence-corrected chi connectivity index (χ2v) is 6.61. The van der Waals surface area contributed by atoms with Crippen LogP contribution in [0.5, 0.6) is 5.75 Å². The summed E-state index contributed by atoms with van der Waals surface area (Å²) in [6.45, 7) is 4.21. The second-order valence-electron chi connectivity index (χ2n) is 5.39. The lowest BCUT2D eigenvalue weighted by Crippen LogP contribution is -2.26. The van der Waals surface area contributed by atoms with Crippen LogP contribution in [0.15, 0.2) is 12.1 Å². The van der Waals surface area contributed by atoms with E-state index < -0.39 is 12.1 Å².